The molecule has 5 aromatic rings. The van der Waals surface area contributed by atoms with Gasteiger partial charge in [0.05, 0.1) is 12.2 Å². The number of pyridine rings is 2. The zero-order valence-electron chi connectivity index (χ0n) is 20.6. The van der Waals surface area contributed by atoms with Crippen LogP contribution in [0.2, 0.25) is 0 Å². The lowest BCUT2D eigenvalue weighted by Crippen LogP contribution is -2.06. The predicted molar refractivity (Wildman–Crippen MR) is 145 cm³/mol. The Hall–Kier alpha value is -4.49. The number of benzene rings is 2. The van der Waals surface area contributed by atoms with Crippen LogP contribution in [0.15, 0.2) is 91.4 Å². The van der Waals surface area contributed by atoms with E-state index in [-0.39, 0.29) is 5.78 Å². The van der Waals surface area contributed by atoms with Crippen molar-refractivity contribution in [1.82, 2.24) is 20.2 Å². The summed E-state index contributed by atoms with van der Waals surface area (Å²) >= 11 is 0. The van der Waals surface area contributed by atoms with Crippen molar-refractivity contribution in [3.63, 3.8) is 0 Å². The van der Waals surface area contributed by atoms with Crippen LogP contribution in [0, 0.1) is 0 Å². The number of rotatable bonds is 10. The van der Waals surface area contributed by atoms with E-state index in [1.165, 1.54) is 0 Å². The van der Waals surface area contributed by atoms with Crippen LogP contribution >= 0.6 is 0 Å². The van der Waals surface area contributed by atoms with E-state index in [1.807, 2.05) is 54.6 Å². The SMILES string of the molecule is COCCCC(=O)c1cncc(-c2nnc(NCc3ccccn3)c3c(-c4ccccc4)cccc23)c1. The molecular formula is C30H27N5O2. The van der Waals surface area contributed by atoms with Gasteiger partial charge in [0.2, 0.25) is 0 Å². The third-order valence-electron chi connectivity index (χ3n) is 6.14. The van der Waals surface area contributed by atoms with Crippen molar-refractivity contribution in [3.05, 3.63) is 103 Å². The average Bonchev–Trinajstić information content (AvgIpc) is 2.96. The standard InChI is InChI=1S/C30H27N5O2/c1-37-16-8-14-27(36)22-17-23(19-31-18-22)29-26-13-7-12-25(21-9-3-2-4-10-21)28(26)30(35-34-29)33-20-24-11-5-6-15-32-24/h2-7,9-13,15,17-19H,8,14,16,20H2,1H3,(H,33,35). The summed E-state index contributed by atoms with van der Waals surface area (Å²) in [6.45, 7) is 1.06. The first-order valence-electron chi connectivity index (χ1n) is 12.2. The first-order chi connectivity index (χ1) is 18.2. The number of ketones is 1. The minimum absolute atomic E-state index is 0.0299. The lowest BCUT2D eigenvalue weighted by atomic mass is 9.96. The minimum Gasteiger partial charge on any atom is -0.385 e. The van der Waals surface area contributed by atoms with E-state index < -0.39 is 0 Å². The number of nitrogens with one attached hydrogen (secondary N) is 1. The lowest BCUT2D eigenvalue weighted by molar-refractivity contribution is 0.0963. The van der Waals surface area contributed by atoms with E-state index >= 15 is 0 Å². The third kappa shape index (κ3) is 5.52. The Bertz CT molecular complexity index is 1510. The van der Waals surface area contributed by atoms with E-state index in [0.29, 0.717) is 43.1 Å². The van der Waals surface area contributed by atoms with Gasteiger partial charge < -0.3 is 10.1 Å². The normalized spacial score (nSPS) is 10.9. The van der Waals surface area contributed by atoms with Crippen LogP contribution in [-0.2, 0) is 11.3 Å². The third-order valence-corrected chi connectivity index (χ3v) is 6.14. The molecule has 0 fully saturated rings. The highest BCUT2D eigenvalue weighted by Crippen LogP contribution is 2.37. The molecule has 3 heterocycles. The maximum atomic E-state index is 12.7. The van der Waals surface area contributed by atoms with Gasteiger partial charge in [-0.05, 0) is 35.7 Å². The van der Waals surface area contributed by atoms with Crippen LogP contribution in [0.1, 0.15) is 28.9 Å². The summed E-state index contributed by atoms with van der Waals surface area (Å²) in [6.07, 6.45) is 6.17. The minimum atomic E-state index is 0.0299. The van der Waals surface area contributed by atoms with Crippen molar-refractivity contribution in [1.29, 1.82) is 0 Å². The molecule has 184 valence electrons. The Balaban J connectivity index is 1.60. The summed E-state index contributed by atoms with van der Waals surface area (Å²) in [6, 6.07) is 24.0. The Kier molecular flexibility index (Phi) is 7.52. The second-order valence-electron chi connectivity index (χ2n) is 8.65. The molecule has 5 rings (SSSR count). The van der Waals surface area contributed by atoms with Gasteiger partial charge in [0, 0.05) is 60.6 Å². The van der Waals surface area contributed by atoms with Crippen molar-refractivity contribution in [3.8, 4) is 22.4 Å². The molecule has 0 radical (unpaired) electrons. The molecule has 3 aromatic heterocycles. The lowest BCUT2D eigenvalue weighted by Gasteiger charge is -2.15. The Morgan fingerprint density at radius 1 is 0.919 bits per heavy atom. The highest BCUT2D eigenvalue weighted by Gasteiger charge is 2.17. The molecule has 0 unspecified atom stereocenters. The number of Topliss-reactive ketones (excluding diaryl/α,β-unsaturated/α-hetero) is 1. The molecule has 2 aromatic carbocycles. The summed E-state index contributed by atoms with van der Waals surface area (Å²) in [4.78, 5) is 21.5. The van der Waals surface area contributed by atoms with E-state index in [4.69, 9.17) is 4.74 Å². The highest BCUT2D eigenvalue weighted by molar-refractivity contribution is 6.08. The van der Waals surface area contributed by atoms with E-state index in [1.54, 1.807) is 25.7 Å². The predicted octanol–water partition coefficient (Wildman–Crippen LogP) is 5.98. The molecule has 7 heteroatoms. The molecule has 1 N–H and O–H groups in total. The van der Waals surface area contributed by atoms with E-state index in [2.05, 4.69) is 43.7 Å². The van der Waals surface area contributed by atoms with Gasteiger partial charge in [-0.25, -0.2) is 0 Å². The fraction of sp³-hybridized carbons (Fsp3) is 0.167. The zero-order valence-corrected chi connectivity index (χ0v) is 20.6. The molecular weight excluding hydrogens is 462 g/mol. The van der Waals surface area contributed by atoms with Crippen LogP contribution in [0.25, 0.3) is 33.2 Å². The number of methoxy groups -OCH3 is 1. The number of nitrogens with zero attached hydrogens (tertiary/aromatic N) is 4. The number of hydrogen-bond acceptors (Lipinski definition) is 7. The maximum Gasteiger partial charge on any atom is 0.164 e. The van der Waals surface area contributed by atoms with Gasteiger partial charge in [-0.2, -0.15) is 0 Å². The zero-order chi connectivity index (χ0) is 25.5. The Morgan fingerprint density at radius 2 is 1.78 bits per heavy atom. The number of aromatic nitrogens is 4. The molecule has 0 atom stereocenters. The van der Waals surface area contributed by atoms with Gasteiger partial charge >= 0.3 is 0 Å². The smallest absolute Gasteiger partial charge is 0.164 e. The summed E-state index contributed by atoms with van der Waals surface area (Å²) in [5.74, 6) is 0.700. The fourth-order valence-electron chi connectivity index (χ4n) is 4.32. The molecule has 0 aliphatic carbocycles. The topological polar surface area (TPSA) is 89.9 Å². The number of ether oxygens (including phenoxy) is 1. The summed E-state index contributed by atoms with van der Waals surface area (Å²) in [5.41, 5.74) is 5.00. The monoisotopic (exact) mass is 489 g/mol. The first-order valence-corrected chi connectivity index (χ1v) is 12.2. The number of fused-ring (bicyclic) bond motifs is 1. The van der Waals surface area contributed by atoms with Gasteiger partial charge in [0.25, 0.3) is 0 Å². The maximum absolute atomic E-state index is 12.7. The van der Waals surface area contributed by atoms with Gasteiger partial charge in [-0.15, -0.1) is 10.2 Å². The summed E-state index contributed by atoms with van der Waals surface area (Å²) in [5, 5.41) is 14.5. The number of anilines is 1. The molecule has 0 saturated carbocycles. The van der Waals surface area contributed by atoms with Gasteiger partial charge in [-0.3, -0.25) is 14.8 Å². The van der Waals surface area contributed by atoms with Gasteiger partial charge in [0.15, 0.2) is 11.6 Å². The Morgan fingerprint density at radius 3 is 2.59 bits per heavy atom. The second-order valence-corrected chi connectivity index (χ2v) is 8.65. The quantitative estimate of drug-likeness (QED) is 0.191. The number of carbonyl (C=O) groups excluding carboxylic acids is 1. The van der Waals surface area contributed by atoms with Crippen molar-refractivity contribution in [2.24, 2.45) is 0 Å². The molecule has 0 aliphatic heterocycles. The molecule has 37 heavy (non-hydrogen) atoms. The summed E-state index contributed by atoms with van der Waals surface area (Å²) < 4.78 is 5.08. The van der Waals surface area contributed by atoms with Crippen molar-refractivity contribution in [2.45, 2.75) is 19.4 Å². The average molecular weight is 490 g/mol. The second kappa shape index (κ2) is 11.5. The van der Waals surface area contributed by atoms with Gasteiger partial charge in [0.1, 0.15) is 5.69 Å². The first kappa shape index (κ1) is 24.2. The molecule has 0 amide bonds. The van der Waals surface area contributed by atoms with Crippen LogP contribution in [-0.4, -0.2) is 39.7 Å². The number of carbonyl (C=O) groups is 1. The van der Waals surface area contributed by atoms with E-state index in [0.717, 1.165) is 33.2 Å². The van der Waals surface area contributed by atoms with Gasteiger partial charge in [-0.1, -0.05) is 54.6 Å². The van der Waals surface area contributed by atoms with Crippen molar-refractivity contribution < 1.29 is 9.53 Å². The van der Waals surface area contributed by atoms with Crippen LogP contribution < -0.4 is 5.32 Å². The Labute approximate surface area is 215 Å². The molecule has 0 saturated heterocycles. The van der Waals surface area contributed by atoms with Crippen LogP contribution in [0.4, 0.5) is 5.82 Å². The molecule has 0 aliphatic rings. The molecule has 7 nitrogen and oxygen atoms in total. The highest BCUT2D eigenvalue weighted by atomic mass is 16.5. The van der Waals surface area contributed by atoms with Crippen molar-refractivity contribution in [2.75, 3.05) is 19.0 Å². The molecule has 0 bridgehead atoms. The van der Waals surface area contributed by atoms with Crippen LogP contribution in [0.3, 0.4) is 0 Å². The fourth-order valence-corrected chi connectivity index (χ4v) is 4.32. The summed E-state index contributed by atoms with van der Waals surface area (Å²) in [7, 11) is 1.63. The van der Waals surface area contributed by atoms with E-state index in [9.17, 15) is 4.79 Å². The van der Waals surface area contributed by atoms with Crippen molar-refractivity contribution >= 4 is 22.4 Å². The largest absolute Gasteiger partial charge is 0.385 e. The molecule has 0 spiro atoms. The number of hydrogen-bond donors (Lipinski definition) is 1. The van der Waals surface area contributed by atoms with Crippen LogP contribution in [0.5, 0.6) is 0 Å².